The van der Waals surface area contributed by atoms with Crippen molar-refractivity contribution in [1.29, 1.82) is 0 Å². The van der Waals surface area contributed by atoms with E-state index in [9.17, 15) is 0 Å². The van der Waals surface area contributed by atoms with Crippen molar-refractivity contribution in [3.63, 3.8) is 0 Å². The molecule has 0 aliphatic heterocycles. The van der Waals surface area contributed by atoms with E-state index < -0.39 is 20.5 Å². The standard InChI is InChI=1S/C22H28N4O.2ClHO4/c1-17-23(3)19-9-5-7-11-21(19)25(17)13-15-27-16-14-26-18(2)24(4)20-10-6-8-12-22(20)26;2*2-1(3,4)5/h5-12H,13-16H2,1-4H3;2*(H,2,3,4,5)/q+2;;/p-2. The van der Waals surface area contributed by atoms with E-state index >= 15 is 0 Å². The topological polar surface area (TPSA) is 211 Å². The molecule has 0 spiro atoms. The fourth-order valence-electron chi connectivity index (χ4n) is 3.99. The van der Waals surface area contributed by atoms with E-state index in [4.69, 9.17) is 42.0 Å². The van der Waals surface area contributed by atoms with Crippen LogP contribution in [0.1, 0.15) is 11.6 Å². The first-order valence-electron chi connectivity index (χ1n) is 10.8. The predicted molar refractivity (Wildman–Crippen MR) is 107 cm³/mol. The third-order valence-electron chi connectivity index (χ3n) is 5.74. The lowest BCUT2D eigenvalue weighted by Crippen LogP contribution is -2.68. The number of ether oxygens (including phenoxy) is 1. The van der Waals surface area contributed by atoms with Gasteiger partial charge >= 0.3 is 0 Å². The van der Waals surface area contributed by atoms with Crippen LogP contribution < -0.4 is 46.4 Å². The lowest BCUT2D eigenvalue weighted by atomic mass is 10.3. The molecule has 0 N–H and O–H groups in total. The molecule has 2 aromatic heterocycles. The van der Waals surface area contributed by atoms with Crippen LogP contribution in [0.15, 0.2) is 48.5 Å². The van der Waals surface area contributed by atoms with Crippen LogP contribution in [0, 0.1) is 34.3 Å². The van der Waals surface area contributed by atoms with Gasteiger partial charge in [-0.1, -0.05) is 24.3 Å². The van der Waals surface area contributed by atoms with Crippen LogP contribution in [0.4, 0.5) is 0 Å². The van der Waals surface area contributed by atoms with Crippen LogP contribution in [0.5, 0.6) is 0 Å². The molecule has 4 rings (SSSR count). The molecular weight excluding hydrogens is 535 g/mol. The molecule has 0 saturated carbocycles. The van der Waals surface area contributed by atoms with Crippen LogP contribution in [-0.2, 0) is 31.9 Å². The average molecular weight is 563 g/mol. The lowest BCUT2D eigenvalue weighted by molar-refractivity contribution is -2.00. The number of imidazole rings is 2. The molecule has 0 atom stereocenters. The summed E-state index contributed by atoms with van der Waals surface area (Å²) in [5.41, 5.74) is 5.05. The molecule has 4 aromatic rings. The maximum absolute atomic E-state index is 8.49. The highest BCUT2D eigenvalue weighted by molar-refractivity contribution is 5.72. The summed E-state index contributed by atoms with van der Waals surface area (Å²) in [5, 5.41) is 0. The van der Waals surface area contributed by atoms with Gasteiger partial charge in [0.15, 0.2) is 22.1 Å². The van der Waals surface area contributed by atoms with E-state index in [1.54, 1.807) is 0 Å². The summed E-state index contributed by atoms with van der Waals surface area (Å²) < 4.78 is 83.1. The highest BCUT2D eigenvalue weighted by Crippen LogP contribution is 2.14. The van der Waals surface area contributed by atoms with E-state index in [2.05, 4.69) is 94.7 Å². The Bertz CT molecular complexity index is 1200. The first-order valence-corrected chi connectivity index (χ1v) is 13.3. The zero-order valence-corrected chi connectivity index (χ0v) is 22.2. The van der Waals surface area contributed by atoms with Crippen LogP contribution in [-0.4, -0.2) is 22.3 Å². The van der Waals surface area contributed by atoms with Crippen molar-refractivity contribution in [2.45, 2.75) is 26.9 Å². The number of halogens is 2. The Morgan fingerprint density at radius 1 is 0.622 bits per heavy atom. The van der Waals surface area contributed by atoms with Crippen LogP contribution >= 0.6 is 0 Å². The van der Waals surface area contributed by atoms with Crippen molar-refractivity contribution in [2.24, 2.45) is 14.1 Å². The molecule has 2 aromatic carbocycles. The monoisotopic (exact) mass is 562 g/mol. The largest absolute Gasteiger partial charge is 0.373 e. The Morgan fingerprint density at radius 2 is 0.919 bits per heavy atom. The van der Waals surface area contributed by atoms with E-state index in [0.717, 1.165) is 13.1 Å². The second-order valence-corrected chi connectivity index (χ2v) is 9.37. The van der Waals surface area contributed by atoms with Gasteiger partial charge in [0.2, 0.25) is 0 Å². The molecule has 0 aliphatic rings. The predicted octanol–water partition coefficient (Wildman–Crippen LogP) is -6.93. The van der Waals surface area contributed by atoms with Gasteiger partial charge in [0.1, 0.15) is 13.1 Å². The number of hydrogen-bond donors (Lipinski definition) is 0. The third kappa shape index (κ3) is 9.45. The molecule has 0 saturated heterocycles. The number of nitrogens with zero attached hydrogens (tertiary/aromatic N) is 4. The van der Waals surface area contributed by atoms with E-state index in [0.29, 0.717) is 13.2 Å². The first kappa shape index (κ1) is 30.8. The number of para-hydroxylation sites is 4. The molecule has 0 fully saturated rings. The average Bonchev–Trinajstić information content (AvgIpc) is 3.17. The number of fused-ring (bicyclic) bond motifs is 2. The minimum absolute atomic E-state index is 0.712. The summed E-state index contributed by atoms with van der Waals surface area (Å²) in [6.07, 6.45) is 0. The van der Waals surface area contributed by atoms with Crippen molar-refractivity contribution >= 4 is 22.1 Å². The van der Waals surface area contributed by atoms with Crippen molar-refractivity contribution in [2.75, 3.05) is 13.2 Å². The Kier molecular flexibility index (Phi) is 10.8. The second-order valence-electron chi connectivity index (χ2n) is 7.86. The second kappa shape index (κ2) is 12.9. The van der Waals surface area contributed by atoms with E-state index in [-0.39, 0.29) is 0 Å². The van der Waals surface area contributed by atoms with Crippen molar-refractivity contribution in [3.05, 3.63) is 60.2 Å². The van der Waals surface area contributed by atoms with Crippen molar-refractivity contribution < 1.29 is 71.6 Å². The van der Waals surface area contributed by atoms with Gasteiger partial charge < -0.3 is 4.74 Å². The zero-order valence-electron chi connectivity index (χ0n) is 20.7. The molecular formula is C22H28Cl2N4O9. The van der Waals surface area contributed by atoms with Crippen LogP contribution in [0.25, 0.3) is 22.1 Å². The molecule has 0 bridgehead atoms. The maximum Gasteiger partial charge on any atom is 0.254 e. The number of aryl methyl sites for hydroxylation is 2. The SMILES string of the molecule is Cc1n(CCOCCn2c(C)[n+](C)c3ccccc32)c2ccccc2[n+]1C.[O-][Cl+3]([O-])([O-])[O-].[O-][Cl+3]([O-])([O-])[O-]. The summed E-state index contributed by atoms with van der Waals surface area (Å²) in [6, 6.07) is 17.1. The van der Waals surface area contributed by atoms with Crippen LogP contribution in [0.3, 0.4) is 0 Å². The van der Waals surface area contributed by atoms with Crippen molar-refractivity contribution in [3.8, 4) is 0 Å². The summed E-state index contributed by atoms with van der Waals surface area (Å²) in [7, 11) is -5.65. The Labute approximate surface area is 217 Å². The first-order chi connectivity index (χ1) is 17.1. The molecule has 0 amide bonds. The zero-order chi connectivity index (χ0) is 28.0. The minimum Gasteiger partial charge on any atom is -0.373 e. The highest BCUT2D eigenvalue weighted by atomic mass is 35.7. The van der Waals surface area contributed by atoms with E-state index in [1.807, 2.05) is 0 Å². The third-order valence-corrected chi connectivity index (χ3v) is 5.74. The number of aromatic nitrogens is 4. The van der Waals surface area contributed by atoms with Crippen LogP contribution in [0.2, 0.25) is 0 Å². The number of rotatable bonds is 6. The van der Waals surface area contributed by atoms with Gasteiger partial charge in [-0.15, -0.1) is 20.5 Å². The van der Waals surface area contributed by atoms with Gasteiger partial charge in [-0.05, 0) is 24.3 Å². The maximum atomic E-state index is 8.49. The normalized spacial score (nSPS) is 11.8. The quantitative estimate of drug-likeness (QED) is 0.161. The molecule has 0 radical (unpaired) electrons. The smallest absolute Gasteiger partial charge is 0.254 e. The lowest BCUT2D eigenvalue weighted by Gasteiger charge is -2.17. The molecule has 37 heavy (non-hydrogen) atoms. The molecule has 204 valence electrons. The van der Waals surface area contributed by atoms with Gasteiger partial charge in [-0.2, -0.15) is 0 Å². The molecule has 15 heteroatoms. The Hall–Kier alpha value is -2.40. The summed E-state index contributed by atoms with van der Waals surface area (Å²) in [4.78, 5) is 0. The Morgan fingerprint density at radius 3 is 1.24 bits per heavy atom. The summed E-state index contributed by atoms with van der Waals surface area (Å²) >= 11 is 0. The van der Waals surface area contributed by atoms with Gasteiger partial charge in [0, 0.05) is 13.8 Å². The van der Waals surface area contributed by atoms with Crippen molar-refractivity contribution in [1.82, 2.24) is 9.13 Å². The number of benzene rings is 2. The fourth-order valence-corrected chi connectivity index (χ4v) is 3.99. The molecule has 0 aliphatic carbocycles. The van der Waals surface area contributed by atoms with Gasteiger partial charge in [-0.25, -0.2) is 55.5 Å². The van der Waals surface area contributed by atoms with Gasteiger partial charge in [0.25, 0.3) is 11.6 Å². The summed E-state index contributed by atoms with van der Waals surface area (Å²) in [6.45, 7) is 7.48. The number of hydrogen-bond acceptors (Lipinski definition) is 9. The Balaban J connectivity index is 0.000000412. The highest BCUT2D eigenvalue weighted by Gasteiger charge is 2.19. The molecule has 2 heterocycles. The van der Waals surface area contributed by atoms with Gasteiger partial charge in [0.05, 0.1) is 27.3 Å². The fraction of sp³-hybridized carbons (Fsp3) is 0.364. The molecule has 0 unspecified atom stereocenters. The summed E-state index contributed by atoms with van der Waals surface area (Å²) in [5.74, 6) is 2.50. The van der Waals surface area contributed by atoms with E-state index in [1.165, 1.54) is 33.7 Å². The minimum atomic E-state index is -4.94. The molecule has 13 nitrogen and oxygen atoms in total. The van der Waals surface area contributed by atoms with Gasteiger partial charge in [-0.3, -0.25) is 0 Å².